The Bertz CT molecular complexity index is 287. The normalized spacial score (nSPS) is 11.8. The Balaban J connectivity index is -0.0000000476. The van der Waals surface area contributed by atoms with E-state index in [0.717, 1.165) is 0 Å². The number of hydrogen-bond donors (Lipinski definition) is 8. The van der Waals surface area contributed by atoms with Crippen molar-refractivity contribution < 1.29 is 61.0 Å². The van der Waals surface area contributed by atoms with Gasteiger partial charge in [-0.3, -0.25) is 4.70 Å². The van der Waals surface area contributed by atoms with Crippen molar-refractivity contribution in [3.63, 3.8) is 0 Å². The van der Waals surface area contributed by atoms with Crippen molar-refractivity contribution in [2.75, 3.05) is 17.3 Å². The van der Waals surface area contributed by atoms with Crippen LogP contribution in [0, 0.1) is 0 Å². The van der Waals surface area contributed by atoms with Crippen molar-refractivity contribution in [1.29, 1.82) is 0 Å². The number of quaternary nitrogens is 3. The molecule has 150 valence electrons. The Kier molecular flexibility index (Phi) is 39.2. The highest BCUT2D eigenvalue weighted by molar-refractivity contribution is 7.80. The van der Waals surface area contributed by atoms with Crippen molar-refractivity contribution >= 4 is 55.8 Å². The molecule has 0 aliphatic carbocycles. The fourth-order valence-corrected chi connectivity index (χ4v) is 0.692. The van der Waals surface area contributed by atoms with E-state index >= 15 is 0 Å². The van der Waals surface area contributed by atoms with Crippen LogP contribution in [0.25, 0.3) is 0 Å². The highest BCUT2D eigenvalue weighted by atomic mass is 32.1. The molecular formula is C9H24F3N3O6S3. The van der Waals surface area contributed by atoms with E-state index in [4.69, 9.17) is 10.2 Å². The first-order valence-corrected chi connectivity index (χ1v) is 7.43. The number of halogens is 3. The van der Waals surface area contributed by atoms with Crippen LogP contribution in [0.1, 0.15) is 0 Å². The van der Waals surface area contributed by atoms with Gasteiger partial charge in [-0.25, -0.2) is 9.59 Å². The maximum atomic E-state index is 9.82. The first kappa shape index (κ1) is 38.6. The van der Waals surface area contributed by atoms with E-state index in [-0.39, 0.29) is 19.9 Å². The summed E-state index contributed by atoms with van der Waals surface area (Å²) < 4.78 is 0. The lowest BCUT2D eigenvalue weighted by atomic mass is 10.4. The lowest BCUT2D eigenvalue weighted by Crippen LogP contribution is -3.00. The minimum Gasteiger partial charge on any atom is -1.00 e. The van der Waals surface area contributed by atoms with Gasteiger partial charge in [0, 0.05) is 5.75 Å². The summed E-state index contributed by atoms with van der Waals surface area (Å²) >= 11 is 11.1. The molecule has 24 heavy (non-hydrogen) atoms. The standard InChI is InChI=1S/3C3H7NO2S.3FH/c3*4-2(1-7)3(5)6;;;/h3*2,7H,1,4H2,(H,5,6);3*1H/t3*2-;;;/m000.../s1. The molecule has 9 nitrogen and oxygen atoms in total. The van der Waals surface area contributed by atoms with Gasteiger partial charge in [0.05, 0.1) is 17.5 Å². The van der Waals surface area contributed by atoms with Gasteiger partial charge in [-0.2, -0.15) is 37.9 Å². The number of carbonyl (C=O) groups is 3. The van der Waals surface area contributed by atoms with E-state index in [0.29, 0.717) is 11.5 Å². The molecule has 0 aromatic heterocycles. The van der Waals surface area contributed by atoms with Crippen molar-refractivity contribution in [2.45, 2.75) is 18.1 Å². The molecule has 0 aromatic carbocycles. The minimum atomic E-state index is -1.14. The second kappa shape index (κ2) is 24.4. The van der Waals surface area contributed by atoms with Crippen molar-refractivity contribution in [2.24, 2.45) is 0 Å². The van der Waals surface area contributed by atoms with Crippen LogP contribution in [0.3, 0.4) is 0 Å². The van der Waals surface area contributed by atoms with Crippen molar-refractivity contribution in [1.82, 2.24) is 0 Å². The number of carboxylic acids is 3. The molecule has 0 aliphatic heterocycles. The second-order valence-electron chi connectivity index (χ2n) is 3.63. The Hall–Kier alpha value is -0.870. The number of carbonyl (C=O) groups excluding carboxylic acids is 1. The van der Waals surface area contributed by atoms with Gasteiger partial charge in [0.25, 0.3) is 0 Å². The van der Waals surface area contributed by atoms with Crippen molar-refractivity contribution in [3.05, 3.63) is 0 Å². The Morgan fingerprint density at radius 2 is 1.00 bits per heavy atom. The zero-order valence-electron chi connectivity index (χ0n) is 12.5. The summed E-state index contributed by atoms with van der Waals surface area (Å²) in [6.07, 6.45) is 0. The lowest BCUT2D eigenvalue weighted by Gasteiger charge is -2.02. The van der Waals surface area contributed by atoms with Crippen LogP contribution in [0.5, 0.6) is 0 Å². The topological polar surface area (TPSA) is 198 Å². The lowest BCUT2D eigenvalue weighted by molar-refractivity contribution is -0.431. The van der Waals surface area contributed by atoms with Gasteiger partial charge in [0.2, 0.25) is 0 Å². The summed E-state index contributed by atoms with van der Waals surface area (Å²) in [6, 6.07) is -1.81. The summed E-state index contributed by atoms with van der Waals surface area (Å²) in [7, 11) is 0. The Morgan fingerprint density at radius 1 is 0.792 bits per heavy atom. The van der Waals surface area contributed by atoms with Crippen LogP contribution in [0.15, 0.2) is 0 Å². The summed E-state index contributed by atoms with van der Waals surface area (Å²) in [6.45, 7) is 0. The van der Waals surface area contributed by atoms with E-state index < -0.39 is 36.0 Å². The van der Waals surface area contributed by atoms with Crippen LogP contribution in [-0.2, 0) is 14.4 Å². The van der Waals surface area contributed by atoms with Gasteiger partial charge in [-0.05, 0) is 0 Å². The fraction of sp³-hybridized carbons (Fsp3) is 0.667. The Labute approximate surface area is 152 Å². The summed E-state index contributed by atoms with van der Waals surface area (Å²) in [5.74, 6) is -2.09. The van der Waals surface area contributed by atoms with E-state index in [1.807, 2.05) is 0 Å². The zero-order valence-corrected chi connectivity index (χ0v) is 15.2. The van der Waals surface area contributed by atoms with E-state index in [9.17, 15) is 19.5 Å². The largest absolute Gasteiger partial charge is 1.00 e. The molecule has 0 aliphatic rings. The number of rotatable bonds is 6. The molecule has 0 spiro atoms. The van der Waals surface area contributed by atoms with E-state index in [1.165, 1.54) is 0 Å². The van der Waals surface area contributed by atoms with Crippen LogP contribution in [0.2, 0.25) is 0 Å². The van der Waals surface area contributed by atoms with E-state index in [1.54, 1.807) is 0 Å². The SMILES string of the molecule is F.[F-].[F-].[NH3+][C@@H](CS)C(=O)O.[NH3+][C@@H](CS)C(=O)O.[NH3+][C@@H](CS)C(=O)[O-]. The first-order chi connectivity index (χ1) is 9.54. The molecule has 11 N–H and O–H groups in total. The number of thiol groups is 3. The number of carboxylic acid groups (broad SMARTS) is 3. The number of hydrogen-bond acceptors (Lipinski definition) is 7. The molecule has 0 saturated carbocycles. The van der Waals surface area contributed by atoms with Gasteiger partial charge in [0.1, 0.15) is 6.04 Å². The average Bonchev–Trinajstić information content (AvgIpc) is 2.45. The molecule has 0 bridgehead atoms. The third kappa shape index (κ3) is 29.2. The maximum Gasteiger partial charge on any atom is 0.363 e. The van der Waals surface area contributed by atoms with Crippen molar-refractivity contribution in [3.8, 4) is 0 Å². The molecule has 0 rings (SSSR count). The van der Waals surface area contributed by atoms with E-state index in [2.05, 4.69) is 55.1 Å². The van der Waals surface area contributed by atoms with Crippen LogP contribution < -0.4 is 31.7 Å². The summed E-state index contributed by atoms with van der Waals surface area (Å²) in [4.78, 5) is 29.3. The summed E-state index contributed by atoms with van der Waals surface area (Å²) in [5.41, 5.74) is 9.78. The van der Waals surface area contributed by atoms with Gasteiger partial charge in [-0.15, -0.1) is 0 Å². The fourth-order valence-electron chi connectivity index (χ4n) is 0.231. The molecule has 0 fully saturated rings. The van der Waals surface area contributed by atoms with Gasteiger partial charge >= 0.3 is 11.9 Å². The van der Waals surface area contributed by atoms with Crippen LogP contribution >= 0.6 is 37.9 Å². The first-order valence-electron chi connectivity index (χ1n) is 5.53. The highest BCUT2D eigenvalue weighted by Gasteiger charge is 2.11. The molecule has 0 radical (unpaired) electrons. The van der Waals surface area contributed by atoms with Gasteiger partial charge in [-0.1, -0.05) is 0 Å². The molecule has 0 aromatic rings. The molecule has 15 heteroatoms. The molecule has 3 atom stereocenters. The average molecular weight is 424 g/mol. The zero-order chi connectivity index (χ0) is 17.6. The predicted octanol–water partition coefficient (Wildman–Crippen LogP) is -11.3. The maximum absolute atomic E-state index is 9.82. The summed E-state index contributed by atoms with van der Waals surface area (Å²) in [5, 5.41) is 25.8. The molecule has 0 unspecified atom stereocenters. The monoisotopic (exact) mass is 423 g/mol. The van der Waals surface area contributed by atoms with Crippen LogP contribution in [-0.4, -0.2) is 63.5 Å². The second-order valence-corrected chi connectivity index (χ2v) is 4.73. The molecule has 0 amide bonds. The molecule has 0 heterocycles. The van der Waals surface area contributed by atoms with Gasteiger partial charge < -0.3 is 46.7 Å². The highest BCUT2D eigenvalue weighted by Crippen LogP contribution is 1.78. The smallest absolute Gasteiger partial charge is 0.363 e. The molecular weight excluding hydrogens is 399 g/mol. The predicted molar refractivity (Wildman–Crippen MR) is 84.4 cm³/mol. The number of aliphatic carboxylic acids is 3. The van der Waals surface area contributed by atoms with Gasteiger partial charge in [0.15, 0.2) is 12.1 Å². The third-order valence-corrected chi connectivity index (χ3v) is 3.02. The minimum absolute atomic E-state index is 0. The molecule has 0 saturated heterocycles. The third-order valence-electron chi connectivity index (χ3n) is 1.69. The Morgan fingerprint density at radius 3 is 1.00 bits per heavy atom. The quantitative estimate of drug-likeness (QED) is 0.195. The van der Waals surface area contributed by atoms with Crippen LogP contribution in [0.4, 0.5) is 4.70 Å².